The first-order valence-corrected chi connectivity index (χ1v) is 8.99. The molecular weight excluding hydrogens is 364 g/mol. The summed E-state index contributed by atoms with van der Waals surface area (Å²) in [6, 6.07) is 13.0. The maximum Gasteiger partial charge on any atom is 0.276 e. The van der Waals surface area contributed by atoms with Crippen LogP contribution in [0, 0.1) is 6.92 Å². The first-order valence-electron chi connectivity index (χ1n) is 8.61. The first kappa shape index (κ1) is 20.5. The first-order chi connectivity index (χ1) is 12.9. The van der Waals surface area contributed by atoms with E-state index in [4.69, 9.17) is 16.3 Å². The molecule has 2 rings (SSSR count). The third-order valence-corrected chi connectivity index (χ3v) is 4.14. The highest BCUT2D eigenvalue weighted by Crippen LogP contribution is 2.27. The van der Waals surface area contributed by atoms with Gasteiger partial charge < -0.3 is 4.74 Å². The van der Waals surface area contributed by atoms with Gasteiger partial charge in [0.2, 0.25) is 0 Å². The lowest BCUT2D eigenvalue weighted by Crippen LogP contribution is -2.43. The Morgan fingerprint density at radius 1 is 1.15 bits per heavy atom. The lowest BCUT2D eigenvalue weighted by atomic mass is 10.0. The van der Waals surface area contributed by atoms with Crippen molar-refractivity contribution in [1.29, 1.82) is 0 Å². The fourth-order valence-corrected chi connectivity index (χ4v) is 2.57. The molecule has 2 aromatic rings. The molecule has 0 fully saturated rings. The Bertz CT molecular complexity index is 847. The van der Waals surface area contributed by atoms with Crippen molar-refractivity contribution in [3.05, 3.63) is 70.3 Å². The molecule has 0 unspecified atom stereocenters. The minimum atomic E-state index is -0.471. The van der Waals surface area contributed by atoms with Crippen molar-refractivity contribution in [2.75, 3.05) is 6.61 Å². The van der Waals surface area contributed by atoms with Crippen molar-refractivity contribution in [3.8, 4) is 5.75 Å². The fraction of sp³-hybridized carbons (Fsp3) is 0.238. The molecule has 0 bridgehead atoms. The smallest absolute Gasteiger partial charge is 0.276 e. The largest absolute Gasteiger partial charge is 0.483 e. The van der Waals surface area contributed by atoms with Crippen LogP contribution in [0.3, 0.4) is 0 Å². The summed E-state index contributed by atoms with van der Waals surface area (Å²) in [5.74, 6) is 0.0239. The number of hydrazine groups is 1. The fourth-order valence-electron chi connectivity index (χ4n) is 2.37. The van der Waals surface area contributed by atoms with Gasteiger partial charge in [-0.25, -0.2) is 0 Å². The molecule has 2 aromatic carbocycles. The van der Waals surface area contributed by atoms with Crippen LogP contribution in [0.2, 0.25) is 5.02 Å². The number of amides is 2. The van der Waals surface area contributed by atoms with Crippen molar-refractivity contribution in [2.24, 2.45) is 0 Å². The van der Waals surface area contributed by atoms with Crippen LogP contribution < -0.4 is 15.6 Å². The third kappa shape index (κ3) is 6.46. The lowest BCUT2D eigenvalue weighted by molar-refractivity contribution is -0.128. The van der Waals surface area contributed by atoms with Crippen LogP contribution in [0.15, 0.2) is 48.5 Å². The van der Waals surface area contributed by atoms with Gasteiger partial charge >= 0.3 is 0 Å². The van der Waals surface area contributed by atoms with Gasteiger partial charge in [0.15, 0.2) is 6.61 Å². The normalized spacial score (nSPS) is 10.9. The van der Waals surface area contributed by atoms with Gasteiger partial charge in [0.25, 0.3) is 11.8 Å². The zero-order valence-electron chi connectivity index (χ0n) is 15.6. The number of ether oxygens (including phenoxy) is 1. The molecule has 0 spiro atoms. The van der Waals surface area contributed by atoms with Crippen molar-refractivity contribution in [3.63, 3.8) is 0 Å². The number of hydrogen-bond acceptors (Lipinski definition) is 3. The topological polar surface area (TPSA) is 67.4 Å². The monoisotopic (exact) mass is 386 g/mol. The molecule has 0 aliphatic carbocycles. The Morgan fingerprint density at radius 2 is 1.89 bits per heavy atom. The Labute approximate surface area is 164 Å². The van der Waals surface area contributed by atoms with E-state index in [-0.39, 0.29) is 12.5 Å². The number of benzene rings is 2. The summed E-state index contributed by atoms with van der Waals surface area (Å²) in [5.41, 5.74) is 7.42. The standard InChI is InChI=1S/C21H23ClN2O3/c1-14(2)17-10-8-15(3)12-19(17)27-13-21(26)24-23-20(25)11-9-16-6-4-5-7-18(16)22/h4-12,14H,13H2,1-3H3,(H,23,25)(H,24,26). The number of aryl methyl sites for hydroxylation is 1. The van der Waals surface area contributed by atoms with E-state index in [0.29, 0.717) is 16.3 Å². The minimum Gasteiger partial charge on any atom is -0.483 e. The second-order valence-corrected chi connectivity index (χ2v) is 6.78. The van der Waals surface area contributed by atoms with Crippen molar-refractivity contribution in [2.45, 2.75) is 26.7 Å². The quantitative estimate of drug-likeness (QED) is 0.582. The van der Waals surface area contributed by atoms with Crippen LogP contribution in [0.5, 0.6) is 5.75 Å². The summed E-state index contributed by atoms with van der Waals surface area (Å²) < 4.78 is 5.62. The summed E-state index contributed by atoms with van der Waals surface area (Å²) >= 11 is 6.01. The predicted octanol–water partition coefficient (Wildman–Crippen LogP) is 4.01. The summed E-state index contributed by atoms with van der Waals surface area (Å²) in [5, 5.41) is 0.540. The zero-order valence-corrected chi connectivity index (χ0v) is 16.3. The van der Waals surface area contributed by atoms with E-state index in [1.807, 2.05) is 31.2 Å². The average molecular weight is 387 g/mol. The molecule has 0 aliphatic rings. The third-order valence-electron chi connectivity index (χ3n) is 3.79. The Kier molecular flexibility index (Phi) is 7.44. The van der Waals surface area contributed by atoms with Gasteiger partial charge in [-0.1, -0.05) is 55.8 Å². The minimum absolute atomic E-state index is 0.197. The summed E-state index contributed by atoms with van der Waals surface area (Å²) in [7, 11) is 0. The van der Waals surface area contributed by atoms with Gasteiger partial charge in [0.1, 0.15) is 5.75 Å². The molecule has 0 saturated carbocycles. The molecule has 2 amide bonds. The summed E-state index contributed by atoms with van der Waals surface area (Å²) in [6.45, 7) is 5.88. The van der Waals surface area contributed by atoms with Crippen molar-refractivity contribution >= 4 is 29.5 Å². The second kappa shape index (κ2) is 9.78. The van der Waals surface area contributed by atoms with E-state index in [0.717, 1.165) is 11.1 Å². The number of hydrogen-bond donors (Lipinski definition) is 2. The molecule has 142 valence electrons. The Morgan fingerprint density at radius 3 is 2.59 bits per heavy atom. The highest BCUT2D eigenvalue weighted by Gasteiger charge is 2.10. The van der Waals surface area contributed by atoms with Crippen LogP contribution in [-0.4, -0.2) is 18.4 Å². The van der Waals surface area contributed by atoms with Crippen LogP contribution in [0.4, 0.5) is 0 Å². The molecule has 6 heteroatoms. The summed E-state index contributed by atoms with van der Waals surface area (Å²) in [6.07, 6.45) is 2.86. The zero-order chi connectivity index (χ0) is 19.8. The Hall–Kier alpha value is -2.79. The van der Waals surface area contributed by atoms with E-state index < -0.39 is 11.8 Å². The second-order valence-electron chi connectivity index (χ2n) is 6.38. The molecule has 0 aromatic heterocycles. The van der Waals surface area contributed by atoms with Gasteiger partial charge in [0.05, 0.1) is 0 Å². The molecule has 27 heavy (non-hydrogen) atoms. The van der Waals surface area contributed by atoms with Crippen LogP contribution in [0.25, 0.3) is 6.08 Å². The lowest BCUT2D eigenvalue weighted by Gasteiger charge is -2.14. The Balaban J connectivity index is 1.84. The highest BCUT2D eigenvalue weighted by atomic mass is 35.5. The van der Waals surface area contributed by atoms with E-state index in [2.05, 4.69) is 24.7 Å². The number of halogens is 1. The van der Waals surface area contributed by atoms with Crippen LogP contribution in [0.1, 0.15) is 36.5 Å². The molecular formula is C21H23ClN2O3. The van der Waals surface area contributed by atoms with E-state index in [1.165, 1.54) is 6.08 Å². The van der Waals surface area contributed by atoms with E-state index in [1.54, 1.807) is 24.3 Å². The van der Waals surface area contributed by atoms with Gasteiger partial charge in [0, 0.05) is 11.1 Å². The van der Waals surface area contributed by atoms with Gasteiger partial charge in [-0.3, -0.25) is 20.4 Å². The van der Waals surface area contributed by atoms with Gasteiger partial charge in [-0.2, -0.15) is 0 Å². The molecule has 0 saturated heterocycles. The summed E-state index contributed by atoms with van der Waals surface area (Å²) in [4.78, 5) is 23.7. The molecule has 5 nitrogen and oxygen atoms in total. The van der Waals surface area contributed by atoms with Crippen molar-refractivity contribution < 1.29 is 14.3 Å². The highest BCUT2D eigenvalue weighted by molar-refractivity contribution is 6.32. The number of carbonyl (C=O) groups excluding carboxylic acids is 2. The van der Waals surface area contributed by atoms with Crippen LogP contribution >= 0.6 is 11.6 Å². The molecule has 0 atom stereocenters. The molecule has 0 radical (unpaired) electrons. The molecule has 2 N–H and O–H groups in total. The van der Waals surface area contributed by atoms with Crippen molar-refractivity contribution in [1.82, 2.24) is 10.9 Å². The van der Waals surface area contributed by atoms with Crippen LogP contribution in [-0.2, 0) is 9.59 Å². The predicted molar refractivity (Wildman–Crippen MR) is 108 cm³/mol. The van der Waals surface area contributed by atoms with E-state index in [9.17, 15) is 9.59 Å². The number of carbonyl (C=O) groups is 2. The van der Waals surface area contributed by atoms with Gasteiger partial charge in [-0.15, -0.1) is 0 Å². The maximum atomic E-state index is 11.9. The average Bonchev–Trinajstić information content (AvgIpc) is 2.63. The SMILES string of the molecule is Cc1ccc(C(C)C)c(OCC(=O)NNC(=O)C=Cc2ccccc2Cl)c1. The molecule has 0 heterocycles. The number of nitrogens with one attached hydrogen (secondary N) is 2. The maximum absolute atomic E-state index is 11.9. The van der Waals surface area contributed by atoms with Gasteiger partial charge in [-0.05, 0) is 47.7 Å². The van der Waals surface area contributed by atoms with E-state index >= 15 is 0 Å². The number of rotatable bonds is 6. The molecule has 0 aliphatic heterocycles.